The fourth-order valence-electron chi connectivity index (χ4n) is 3.58. The number of rotatable bonds is 10. The molecule has 1 atom stereocenters. The van der Waals surface area contributed by atoms with Crippen LogP contribution in [0.3, 0.4) is 0 Å². The van der Waals surface area contributed by atoms with Crippen molar-refractivity contribution in [1.29, 1.82) is 0 Å². The summed E-state index contributed by atoms with van der Waals surface area (Å²) in [5.74, 6) is -1.06. The highest BCUT2D eigenvalue weighted by Gasteiger charge is 2.23. The number of para-hydroxylation sites is 1. The summed E-state index contributed by atoms with van der Waals surface area (Å²) in [5.41, 5.74) is 2.06. The molecule has 1 heterocycles. The van der Waals surface area contributed by atoms with E-state index in [4.69, 9.17) is 37.1 Å². The molecule has 0 spiro atoms. The molecule has 0 bridgehead atoms. The second-order valence-corrected chi connectivity index (χ2v) is 8.21. The minimum Gasteiger partial charge on any atom is -0.450 e. The Bertz CT molecular complexity index is 1100. The molecule has 170 valence electrons. The van der Waals surface area contributed by atoms with Gasteiger partial charge in [-0.3, -0.25) is 4.79 Å². The molecule has 6 nitrogen and oxygen atoms in total. The van der Waals surface area contributed by atoms with Crippen LogP contribution >= 0.6 is 23.2 Å². The largest absolute Gasteiger partial charge is 0.450 e. The summed E-state index contributed by atoms with van der Waals surface area (Å²) < 4.78 is 16.0. The van der Waals surface area contributed by atoms with Crippen molar-refractivity contribution >= 4 is 46.0 Å². The number of benzene rings is 2. The first kappa shape index (κ1) is 24.1. The lowest BCUT2D eigenvalue weighted by molar-refractivity contribution is -0.124. The molecule has 0 aliphatic heterocycles. The van der Waals surface area contributed by atoms with E-state index < -0.39 is 18.5 Å². The maximum absolute atomic E-state index is 12.6. The standard InChI is InChI=1S/C24H25Cl2NO5/c1-3-6-15(17-10-9-16(25)11-20(17)26)12-27-22(28)14-31-24(29)23-19(13-30-2)18-7-4-5-8-21(18)32-23/h4-5,7-11,15H,3,6,12-14H2,1-2H3,(H,27,28)/t15-/m0/s1. The van der Waals surface area contributed by atoms with Crippen molar-refractivity contribution < 1.29 is 23.5 Å². The number of nitrogens with one attached hydrogen (secondary N) is 1. The molecule has 1 amide bonds. The highest BCUT2D eigenvalue weighted by Crippen LogP contribution is 2.30. The second-order valence-electron chi connectivity index (χ2n) is 7.37. The summed E-state index contributed by atoms with van der Waals surface area (Å²) in [6, 6.07) is 12.6. The molecule has 0 radical (unpaired) electrons. The fourth-order valence-corrected chi connectivity index (χ4v) is 4.15. The smallest absolute Gasteiger partial charge is 0.375 e. The quantitative estimate of drug-likeness (QED) is 0.376. The van der Waals surface area contributed by atoms with Gasteiger partial charge < -0.3 is 19.2 Å². The van der Waals surface area contributed by atoms with Crippen molar-refractivity contribution in [2.24, 2.45) is 0 Å². The van der Waals surface area contributed by atoms with Gasteiger partial charge in [0.2, 0.25) is 5.76 Å². The van der Waals surface area contributed by atoms with Gasteiger partial charge in [0, 0.05) is 40.6 Å². The number of hydrogen-bond donors (Lipinski definition) is 1. The van der Waals surface area contributed by atoms with Crippen LogP contribution in [0.25, 0.3) is 11.0 Å². The normalized spacial score (nSPS) is 12.0. The van der Waals surface area contributed by atoms with Crippen molar-refractivity contribution in [2.45, 2.75) is 32.3 Å². The van der Waals surface area contributed by atoms with Crippen LogP contribution in [0.1, 0.15) is 47.4 Å². The van der Waals surface area contributed by atoms with E-state index in [9.17, 15) is 9.59 Å². The van der Waals surface area contributed by atoms with Gasteiger partial charge in [0.05, 0.1) is 6.61 Å². The monoisotopic (exact) mass is 477 g/mol. The number of amides is 1. The molecular formula is C24H25Cl2NO5. The van der Waals surface area contributed by atoms with E-state index in [2.05, 4.69) is 12.2 Å². The topological polar surface area (TPSA) is 77.8 Å². The van der Waals surface area contributed by atoms with Gasteiger partial charge in [-0.25, -0.2) is 4.79 Å². The van der Waals surface area contributed by atoms with Crippen LogP contribution in [-0.2, 0) is 20.9 Å². The number of esters is 1. The highest BCUT2D eigenvalue weighted by atomic mass is 35.5. The Hall–Kier alpha value is -2.54. The first-order valence-corrected chi connectivity index (χ1v) is 11.1. The maximum Gasteiger partial charge on any atom is 0.375 e. The zero-order valence-electron chi connectivity index (χ0n) is 18.0. The van der Waals surface area contributed by atoms with E-state index in [0.29, 0.717) is 27.7 Å². The first-order valence-electron chi connectivity index (χ1n) is 10.3. The second kappa shape index (κ2) is 11.4. The third-order valence-electron chi connectivity index (χ3n) is 5.09. The fraction of sp³-hybridized carbons (Fsp3) is 0.333. The highest BCUT2D eigenvalue weighted by molar-refractivity contribution is 6.35. The Kier molecular flexibility index (Phi) is 8.56. The number of carbonyl (C=O) groups excluding carboxylic acids is 2. The van der Waals surface area contributed by atoms with Gasteiger partial charge in [-0.15, -0.1) is 0 Å². The average molecular weight is 478 g/mol. The summed E-state index contributed by atoms with van der Waals surface area (Å²) in [4.78, 5) is 24.9. The molecule has 0 unspecified atom stereocenters. The lowest BCUT2D eigenvalue weighted by atomic mass is 9.94. The third kappa shape index (κ3) is 5.82. The molecule has 0 saturated carbocycles. The summed E-state index contributed by atoms with van der Waals surface area (Å²) in [5, 5.41) is 4.71. The molecule has 0 fully saturated rings. The van der Waals surface area contributed by atoms with Crippen LogP contribution in [-0.4, -0.2) is 32.1 Å². The lowest BCUT2D eigenvalue weighted by Gasteiger charge is -2.19. The predicted octanol–water partition coefficient (Wildman–Crippen LogP) is 5.74. The number of methoxy groups -OCH3 is 1. The molecule has 2 aromatic carbocycles. The van der Waals surface area contributed by atoms with Crippen LogP contribution in [0.2, 0.25) is 10.0 Å². The van der Waals surface area contributed by atoms with Gasteiger partial charge in [0.15, 0.2) is 6.61 Å². The average Bonchev–Trinajstić information content (AvgIpc) is 3.14. The summed E-state index contributed by atoms with van der Waals surface area (Å²) in [6.07, 6.45) is 1.75. The van der Waals surface area contributed by atoms with Crippen LogP contribution in [0.15, 0.2) is 46.9 Å². The van der Waals surface area contributed by atoms with Gasteiger partial charge in [-0.1, -0.05) is 60.8 Å². The lowest BCUT2D eigenvalue weighted by Crippen LogP contribution is -2.32. The molecule has 3 aromatic rings. The molecule has 1 N–H and O–H groups in total. The zero-order chi connectivity index (χ0) is 23.1. The number of fused-ring (bicyclic) bond motifs is 1. The molecule has 0 aliphatic rings. The van der Waals surface area contributed by atoms with Crippen molar-refractivity contribution in [3.8, 4) is 0 Å². The van der Waals surface area contributed by atoms with E-state index in [0.717, 1.165) is 23.8 Å². The Morgan fingerprint density at radius 3 is 2.66 bits per heavy atom. The summed E-state index contributed by atoms with van der Waals surface area (Å²) >= 11 is 12.3. The third-order valence-corrected chi connectivity index (χ3v) is 5.65. The van der Waals surface area contributed by atoms with Crippen LogP contribution < -0.4 is 5.32 Å². The molecular weight excluding hydrogens is 453 g/mol. The Balaban J connectivity index is 1.61. The SMILES string of the molecule is CCC[C@@H](CNC(=O)COC(=O)c1oc2ccccc2c1COC)c1ccc(Cl)cc1Cl. The van der Waals surface area contributed by atoms with Gasteiger partial charge in [-0.05, 0) is 30.2 Å². The number of carbonyl (C=O) groups is 2. The molecule has 8 heteroatoms. The van der Waals surface area contributed by atoms with Gasteiger partial charge in [-0.2, -0.15) is 0 Å². The number of ether oxygens (including phenoxy) is 2. The summed E-state index contributed by atoms with van der Waals surface area (Å²) in [6.45, 7) is 2.19. The summed E-state index contributed by atoms with van der Waals surface area (Å²) in [7, 11) is 1.53. The van der Waals surface area contributed by atoms with Crippen LogP contribution in [0.4, 0.5) is 0 Å². The number of halogens is 2. The van der Waals surface area contributed by atoms with Crippen molar-refractivity contribution in [3.05, 3.63) is 69.4 Å². The molecule has 0 saturated heterocycles. The van der Waals surface area contributed by atoms with Gasteiger partial charge in [0.25, 0.3) is 5.91 Å². The van der Waals surface area contributed by atoms with Gasteiger partial charge in [0.1, 0.15) is 5.58 Å². The van der Waals surface area contributed by atoms with Crippen molar-refractivity contribution in [3.63, 3.8) is 0 Å². The molecule has 32 heavy (non-hydrogen) atoms. The number of furan rings is 1. The predicted molar refractivity (Wildman–Crippen MR) is 124 cm³/mol. The Labute approximate surface area is 196 Å². The van der Waals surface area contributed by atoms with E-state index in [1.54, 1.807) is 18.2 Å². The van der Waals surface area contributed by atoms with Crippen molar-refractivity contribution in [1.82, 2.24) is 5.32 Å². The molecule has 0 aliphatic carbocycles. The number of hydrogen-bond acceptors (Lipinski definition) is 5. The van der Waals surface area contributed by atoms with Crippen molar-refractivity contribution in [2.75, 3.05) is 20.3 Å². The first-order chi connectivity index (χ1) is 15.4. The Morgan fingerprint density at radius 1 is 1.16 bits per heavy atom. The maximum atomic E-state index is 12.6. The van der Waals surface area contributed by atoms with E-state index >= 15 is 0 Å². The minimum absolute atomic E-state index is 0.0214. The van der Waals surface area contributed by atoms with E-state index in [-0.39, 0.29) is 18.3 Å². The zero-order valence-corrected chi connectivity index (χ0v) is 19.5. The van der Waals surface area contributed by atoms with E-state index in [1.807, 2.05) is 24.3 Å². The van der Waals surface area contributed by atoms with E-state index in [1.165, 1.54) is 7.11 Å². The Morgan fingerprint density at radius 2 is 1.94 bits per heavy atom. The van der Waals surface area contributed by atoms with Gasteiger partial charge >= 0.3 is 5.97 Å². The minimum atomic E-state index is -0.714. The molecule has 1 aromatic heterocycles. The molecule has 3 rings (SSSR count). The van der Waals surface area contributed by atoms with Crippen LogP contribution in [0.5, 0.6) is 0 Å². The van der Waals surface area contributed by atoms with Crippen LogP contribution in [0, 0.1) is 0 Å².